The fraction of sp³-hybridized carbons (Fsp3) is 0.130. The second-order valence-electron chi connectivity index (χ2n) is 6.52. The van der Waals surface area contributed by atoms with Crippen molar-refractivity contribution in [2.45, 2.75) is 10.6 Å². The van der Waals surface area contributed by atoms with Crippen molar-refractivity contribution < 1.29 is 9.53 Å². The summed E-state index contributed by atoms with van der Waals surface area (Å²) in [5.74, 6) is 1.28. The maximum atomic E-state index is 12.0. The van der Waals surface area contributed by atoms with Gasteiger partial charge >= 0.3 is 0 Å². The molecule has 4 rings (SSSR count). The highest BCUT2D eigenvalue weighted by Crippen LogP contribution is 2.36. The monoisotopic (exact) mass is 454 g/mol. The fourth-order valence-corrected chi connectivity index (χ4v) is 4.92. The van der Waals surface area contributed by atoms with Crippen molar-refractivity contribution in [3.05, 3.63) is 72.3 Å². The zero-order valence-corrected chi connectivity index (χ0v) is 18.6. The largest absolute Gasteiger partial charge is 0.497 e. The fourth-order valence-electron chi connectivity index (χ4n) is 2.95. The smallest absolute Gasteiger partial charge is 0.239 e. The molecule has 0 saturated carbocycles. The van der Waals surface area contributed by atoms with Crippen LogP contribution in [0.3, 0.4) is 0 Å². The van der Waals surface area contributed by atoms with Crippen LogP contribution in [0, 0.1) is 0 Å². The number of rotatable bonds is 7. The number of ether oxygens (including phenoxy) is 1. The number of para-hydroxylation sites is 1. The Balaban J connectivity index is 1.61. The van der Waals surface area contributed by atoms with E-state index in [2.05, 4.69) is 11.4 Å². The first kappa shape index (κ1) is 20.7. The van der Waals surface area contributed by atoms with Crippen molar-refractivity contribution >= 4 is 56.5 Å². The second kappa shape index (κ2) is 9.51. The van der Waals surface area contributed by atoms with Crippen LogP contribution < -0.4 is 10.1 Å². The Hall–Kier alpha value is -2.54. The van der Waals surface area contributed by atoms with E-state index in [9.17, 15) is 4.79 Å². The van der Waals surface area contributed by atoms with Gasteiger partial charge in [-0.1, -0.05) is 30.3 Å². The molecule has 7 heteroatoms. The molecule has 1 N–H and O–H groups in total. The van der Waals surface area contributed by atoms with Gasteiger partial charge in [0.15, 0.2) is 0 Å². The van der Waals surface area contributed by atoms with E-state index in [-0.39, 0.29) is 11.8 Å². The van der Waals surface area contributed by atoms with Crippen LogP contribution in [0.4, 0.5) is 5.69 Å². The lowest BCUT2D eigenvalue weighted by Gasteiger charge is -2.12. The number of thioether (sulfide) groups is 1. The van der Waals surface area contributed by atoms with Gasteiger partial charge < -0.3 is 10.1 Å². The number of anilines is 1. The van der Waals surface area contributed by atoms with E-state index in [1.807, 2.05) is 60.7 Å². The molecule has 0 fully saturated rings. The zero-order valence-electron chi connectivity index (χ0n) is 16.2. The Morgan fingerprint density at radius 1 is 1.13 bits per heavy atom. The summed E-state index contributed by atoms with van der Waals surface area (Å²) < 4.78 is 6.35. The third-order valence-corrected chi connectivity index (χ3v) is 6.94. The first-order valence-corrected chi connectivity index (χ1v) is 11.6. The first-order valence-electron chi connectivity index (χ1n) is 9.28. The molecule has 0 spiro atoms. The number of carbonyl (C=O) groups excluding carboxylic acids is 1. The molecule has 0 aliphatic rings. The predicted octanol–water partition coefficient (Wildman–Crippen LogP) is 6.44. The number of amides is 1. The molecule has 3 aromatic carbocycles. The van der Waals surface area contributed by atoms with Crippen LogP contribution in [-0.4, -0.2) is 23.9 Å². The highest BCUT2D eigenvalue weighted by Gasteiger charge is 2.12. The number of nitrogens with zero attached hydrogens (tertiary/aromatic N) is 1. The molecule has 0 unspecified atom stereocenters. The van der Waals surface area contributed by atoms with Crippen molar-refractivity contribution in [3.63, 3.8) is 0 Å². The van der Waals surface area contributed by atoms with Crippen LogP contribution in [-0.2, 0) is 10.5 Å². The first-order chi connectivity index (χ1) is 14.7. The van der Waals surface area contributed by atoms with Gasteiger partial charge in [-0.25, -0.2) is 4.98 Å². The standard InChI is InChI=1S/C23H19ClN2O2S2/c1-28-17-9-6-15(7-10-17)14-29-20-11-8-16(12-19(20)25-22(27)13-24)23-26-18-4-2-3-5-21(18)30-23/h2-12H,13-14H2,1H3,(H,25,27). The Morgan fingerprint density at radius 2 is 1.93 bits per heavy atom. The molecule has 0 radical (unpaired) electrons. The third-order valence-electron chi connectivity index (χ3n) is 4.47. The molecule has 4 nitrogen and oxygen atoms in total. The normalized spacial score (nSPS) is 10.9. The molecule has 1 aromatic heterocycles. The summed E-state index contributed by atoms with van der Waals surface area (Å²) in [4.78, 5) is 17.7. The molecule has 1 amide bonds. The number of methoxy groups -OCH3 is 1. The average Bonchev–Trinajstić information content (AvgIpc) is 3.23. The number of halogens is 1. The highest BCUT2D eigenvalue weighted by molar-refractivity contribution is 7.98. The van der Waals surface area contributed by atoms with Crippen molar-refractivity contribution in [1.29, 1.82) is 0 Å². The van der Waals surface area contributed by atoms with Crippen molar-refractivity contribution in [2.75, 3.05) is 18.3 Å². The molecule has 0 atom stereocenters. The summed E-state index contributed by atoms with van der Waals surface area (Å²) in [5.41, 5.74) is 3.86. The number of hydrogen-bond donors (Lipinski definition) is 1. The van der Waals surface area contributed by atoms with Crippen molar-refractivity contribution in [1.82, 2.24) is 4.98 Å². The zero-order chi connectivity index (χ0) is 20.9. The number of benzene rings is 3. The molecule has 1 heterocycles. The number of fused-ring (bicyclic) bond motifs is 1. The van der Waals surface area contributed by atoms with E-state index < -0.39 is 0 Å². The number of carbonyl (C=O) groups is 1. The summed E-state index contributed by atoms with van der Waals surface area (Å²) >= 11 is 9.02. The summed E-state index contributed by atoms with van der Waals surface area (Å²) in [7, 11) is 1.66. The highest BCUT2D eigenvalue weighted by atomic mass is 35.5. The van der Waals surface area contributed by atoms with E-state index in [0.29, 0.717) is 0 Å². The summed E-state index contributed by atoms with van der Waals surface area (Å²) in [6.45, 7) is 0. The van der Waals surface area contributed by atoms with Gasteiger partial charge in [-0.3, -0.25) is 4.79 Å². The van der Waals surface area contributed by atoms with Gasteiger partial charge in [-0.05, 0) is 42.0 Å². The number of thiazole rings is 1. The van der Waals surface area contributed by atoms with E-state index in [1.165, 1.54) is 5.56 Å². The van der Waals surface area contributed by atoms with E-state index in [1.54, 1.807) is 30.2 Å². The van der Waals surface area contributed by atoms with E-state index >= 15 is 0 Å². The molecule has 152 valence electrons. The van der Waals surface area contributed by atoms with E-state index in [0.717, 1.165) is 42.9 Å². The molecule has 0 aliphatic heterocycles. The predicted molar refractivity (Wildman–Crippen MR) is 127 cm³/mol. The molecular weight excluding hydrogens is 436 g/mol. The van der Waals surface area contributed by atoms with Crippen molar-refractivity contribution in [2.24, 2.45) is 0 Å². The number of nitrogens with one attached hydrogen (secondary N) is 1. The summed E-state index contributed by atoms with van der Waals surface area (Å²) in [5, 5.41) is 3.84. The Labute approximate surface area is 188 Å². The minimum Gasteiger partial charge on any atom is -0.497 e. The maximum Gasteiger partial charge on any atom is 0.239 e. The van der Waals surface area contributed by atoms with Gasteiger partial charge in [-0.2, -0.15) is 0 Å². The van der Waals surface area contributed by atoms with E-state index in [4.69, 9.17) is 21.3 Å². The molecule has 0 saturated heterocycles. The second-order valence-corrected chi connectivity index (χ2v) is 8.83. The van der Waals surface area contributed by atoms with Gasteiger partial charge in [0.2, 0.25) is 5.91 Å². The SMILES string of the molecule is COc1ccc(CSc2ccc(-c3nc4ccccc4s3)cc2NC(=O)CCl)cc1. The Kier molecular flexibility index (Phi) is 6.57. The van der Waals surface area contributed by atoms with Crippen LogP contribution in [0.5, 0.6) is 5.75 Å². The molecular formula is C23H19ClN2O2S2. The summed E-state index contributed by atoms with van der Waals surface area (Å²) in [6.07, 6.45) is 0. The van der Waals surface area contributed by atoms with Gasteiger partial charge in [0.1, 0.15) is 16.6 Å². The summed E-state index contributed by atoms with van der Waals surface area (Å²) in [6, 6.07) is 22.1. The molecule has 30 heavy (non-hydrogen) atoms. The minimum atomic E-state index is -0.232. The number of alkyl halides is 1. The number of aromatic nitrogens is 1. The minimum absolute atomic E-state index is 0.0893. The lowest BCUT2D eigenvalue weighted by Crippen LogP contribution is -2.13. The molecule has 0 aliphatic carbocycles. The maximum absolute atomic E-state index is 12.0. The number of hydrogen-bond acceptors (Lipinski definition) is 5. The lowest BCUT2D eigenvalue weighted by molar-refractivity contribution is -0.113. The Morgan fingerprint density at radius 3 is 2.67 bits per heavy atom. The van der Waals surface area contributed by atoms with Gasteiger partial charge in [0.25, 0.3) is 0 Å². The molecule has 4 aromatic rings. The van der Waals surface area contributed by atoms with Crippen LogP contribution in [0.25, 0.3) is 20.8 Å². The van der Waals surface area contributed by atoms with Crippen LogP contribution >= 0.6 is 34.7 Å². The quantitative estimate of drug-likeness (QED) is 0.258. The topological polar surface area (TPSA) is 51.2 Å². The average molecular weight is 455 g/mol. The van der Waals surface area contributed by atoms with Crippen molar-refractivity contribution in [3.8, 4) is 16.3 Å². The lowest BCUT2D eigenvalue weighted by atomic mass is 10.2. The third kappa shape index (κ3) is 4.78. The van der Waals surface area contributed by atoms with Crippen LogP contribution in [0.2, 0.25) is 0 Å². The Bertz CT molecular complexity index is 1140. The molecule has 0 bridgehead atoms. The van der Waals surface area contributed by atoms with Crippen LogP contribution in [0.15, 0.2) is 71.6 Å². The van der Waals surface area contributed by atoms with Gasteiger partial charge in [-0.15, -0.1) is 34.7 Å². The van der Waals surface area contributed by atoms with Gasteiger partial charge in [0.05, 0.1) is 23.0 Å². The van der Waals surface area contributed by atoms with Gasteiger partial charge in [0, 0.05) is 16.2 Å². The van der Waals surface area contributed by atoms with Crippen LogP contribution in [0.1, 0.15) is 5.56 Å².